The molecular weight excluding hydrogens is 324 g/mol. The number of carbonyl (C=O) groups is 1. The van der Waals surface area contributed by atoms with Crippen LogP contribution < -0.4 is 5.32 Å². The maximum absolute atomic E-state index is 12.8. The van der Waals surface area contributed by atoms with Crippen LogP contribution in [-0.4, -0.2) is 33.4 Å². The molecule has 2 aliphatic heterocycles. The molecule has 1 N–H and O–H groups in total. The number of rotatable bonds is 4. The van der Waals surface area contributed by atoms with E-state index in [1.807, 2.05) is 19.1 Å². The fraction of sp³-hybridized carbons (Fsp3) is 0.524. The van der Waals surface area contributed by atoms with Crippen LogP contribution in [0.2, 0.25) is 0 Å². The van der Waals surface area contributed by atoms with Crippen LogP contribution >= 0.6 is 0 Å². The maximum atomic E-state index is 12.8. The normalized spacial score (nSPS) is 23.0. The van der Waals surface area contributed by atoms with Gasteiger partial charge in [-0.2, -0.15) is 0 Å². The van der Waals surface area contributed by atoms with Gasteiger partial charge < -0.3 is 9.88 Å². The third-order valence-corrected chi connectivity index (χ3v) is 5.59. The largest absolute Gasteiger partial charge is 0.334 e. The van der Waals surface area contributed by atoms with Crippen molar-refractivity contribution < 1.29 is 4.79 Å². The molecule has 1 fully saturated rings. The maximum Gasteiger partial charge on any atom is 0.229 e. The highest BCUT2D eigenvalue weighted by molar-refractivity contribution is 5.92. The molecule has 26 heavy (non-hydrogen) atoms. The van der Waals surface area contributed by atoms with Crippen molar-refractivity contribution in [3.63, 3.8) is 0 Å². The Kier molecular flexibility index (Phi) is 4.81. The molecule has 2 atom stereocenters. The van der Waals surface area contributed by atoms with Crippen LogP contribution in [0.5, 0.6) is 0 Å². The lowest BCUT2D eigenvalue weighted by atomic mass is 9.90. The summed E-state index contributed by atoms with van der Waals surface area (Å²) >= 11 is 0. The number of imidazole rings is 1. The zero-order valence-electron chi connectivity index (χ0n) is 15.7. The van der Waals surface area contributed by atoms with E-state index in [1.54, 1.807) is 0 Å². The van der Waals surface area contributed by atoms with E-state index in [0.717, 1.165) is 36.7 Å². The molecule has 3 heterocycles. The number of anilines is 1. The van der Waals surface area contributed by atoms with Crippen LogP contribution in [-0.2, 0) is 17.9 Å². The number of carbonyl (C=O) groups excluding carboxylic acids is 1. The first-order chi connectivity index (χ1) is 12.6. The lowest BCUT2D eigenvalue weighted by Crippen LogP contribution is -2.32. The molecule has 138 valence electrons. The molecule has 0 aliphatic carbocycles. The summed E-state index contributed by atoms with van der Waals surface area (Å²) in [5, 5.41) is 3.14. The molecule has 0 unspecified atom stereocenters. The number of likely N-dealkylation sites (tertiary alicyclic amines) is 1. The number of aryl methyl sites for hydroxylation is 1. The smallest absolute Gasteiger partial charge is 0.229 e. The first kappa shape index (κ1) is 17.3. The lowest BCUT2D eigenvalue weighted by Gasteiger charge is -2.27. The number of nitrogens with one attached hydrogen (secondary N) is 1. The number of amides is 1. The average molecular weight is 352 g/mol. The van der Waals surface area contributed by atoms with E-state index in [2.05, 4.69) is 45.0 Å². The second-order valence-corrected chi connectivity index (χ2v) is 7.90. The van der Waals surface area contributed by atoms with E-state index in [4.69, 9.17) is 0 Å². The van der Waals surface area contributed by atoms with Crippen molar-refractivity contribution in [3.8, 4) is 0 Å². The Bertz CT molecular complexity index is 791. The highest BCUT2D eigenvalue weighted by atomic mass is 16.1. The average Bonchev–Trinajstić information content (AvgIpc) is 3.24. The van der Waals surface area contributed by atoms with Crippen LogP contribution in [0.1, 0.15) is 49.2 Å². The third-order valence-electron chi connectivity index (χ3n) is 5.59. The van der Waals surface area contributed by atoms with E-state index in [1.165, 1.54) is 31.5 Å². The monoisotopic (exact) mass is 352 g/mol. The van der Waals surface area contributed by atoms with E-state index >= 15 is 0 Å². The van der Waals surface area contributed by atoms with Crippen molar-refractivity contribution in [2.75, 3.05) is 18.4 Å². The van der Waals surface area contributed by atoms with Gasteiger partial charge in [-0.05, 0) is 57.0 Å². The van der Waals surface area contributed by atoms with Gasteiger partial charge in [0, 0.05) is 30.9 Å². The molecule has 1 amide bonds. The Morgan fingerprint density at radius 1 is 1.31 bits per heavy atom. The minimum Gasteiger partial charge on any atom is -0.334 e. The van der Waals surface area contributed by atoms with Gasteiger partial charge in [-0.15, -0.1) is 0 Å². The second-order valence-electron chi connectivity index (χ2n) is 7.90. The fourth-order valence-electron chi connectivity index (χ4n) is 4.33. The van der Waals surface area contributed by atoms with Crippen molar-refractivity contribution in [1.82, 2.24) is 14.5 Å². The summed E-state index contributed by atoms with van der Waals surface area (Å²) in [7, 11) is 0. The van der Waals surface area contributed by atoms with Crippen molar-refractivity contribution in [1.29, 1.82) is 0 Å². The van der Waals surface area contributed by atoms with Gasteiger partial charge in [0.15, 0.2) is 0 Å². The molecular formula is C21H28N4O. The highest BCUT2D eigenvalue weighted by Gasteiger charge is 2.30. The topological polar surface area (TPSA) is 50.2 Å². The summed E-state index contributed by atoms with van der Waals surface area (Å²) in [6, 6.07) is 8.30. The van der Waals surface area contributed by atoms with Gasteiger partial charge >= 0.3 is 0 Å². The number of aromatic nitrogens is 2. The molecule has 1 aromatic carbocycles. The third kappa shape index (κ3) is 3.68. The number of nitrogens with zero attached hydrogens (tertiary/aromatic N) is 3. The van der Waals surface area contributed by atoms with Gasteiger partial charge in [0.25, 0.3) is 0 Å². The van der Waals surface area contributed by atoms with Crippen molar-refractivity contribution in [3.05, 3.63) is 47.5 Å². The Hall–Kier alpha value is -2.14. The molecule has 0 bridgehead atoms. The van der Waals surface area contributed by atoms with E-state index in [9.17, 15) is 4.79 Å². The minimum atomic E-state index is -0.00617. The van der Waals surface area contributed by atoms with Crippen molar-refractivity contribution >= 4 is 11.6 Å². The molecule has 1 saturated heterocycles. The molecule has 0 radical (unpaired) electrons. The standard InChI is InChI=1S/C21H28N4O/c1-15-10-18(14-25-12-16(2)22-20(15)25)21(26)23-19-7-5-6-17(11-19)13-24-8-3-4-9-24/h5-7,11-12,15,18H,3-4,8-10,13-14H2,1-2H3,(H,23,26)/t15-,18+/m1/s1. The predicted octanol–water partition coefficient (Wildman–Crippen LogP) is 3.55. The quantitative estimate of drug-likeness (QED) is 0.915. The molecule has 4 rings (SSSR count). The molecule has 5 heteroatoms. The van der Waals surface area contributed by atoms with Gasteiger partial charge in [-0.3, -0.25) is 9.69 Å². The highest BCUT2D eigenvalue weighted by Crippen LogP contribution is 2.30. The van der Waals surface area contributed by atoms with Crippen LogP contribution in [0.3, 0.4) is 0 Å². The number of hydrogen-bond acceptors (Lipinski definition) is 3. The fourth-order valence-corrected chi connectivity index (χ4v) is 4.33. The number of hydrogen-bond donors (Lipinski definition) is 1. The molecule has 0 saturated carbocycles. The van der Waals surface area contributed by atoms with Crippen molar-refractivity contribution in [2.24, 2.45) is 5.92 Å². The first-order valence-electron chi connectivity index (χ1n) is 9.74. The number of benzene rings is 1. The van der Waals surface area contributed by atoms with E-state index in [0.29, 0.717) is 5.92 Å². The summed E-state index contributed by atoms with van der Waals surface area (Å²) < 4.78 is 2.15. The van der Waals surface area contributed by atoms with Gasteiger partial charge in [-0.1, -0.05) is 19.1 Å². The summed E-state index contributed by atoms with van der Waals surface area (Å²) in [6.07, 6.45) is 5.51. The summed E-state index contributed by atoms with van der Waals surface area (Å²) in [5.74, 6) is 1.54. The molecule has 1 aromatic heterocycles. The van der Waals surface area contributed by atoms with Crippen LogP contribution in [0.25, 0.3) is 0 Å². The minimum absolute atomic E-state index is 0.00617. The first-order valence-corrected chi connectivity index (χ1v) is 9.74. The molecule has 0 spiro atoms. The predicted molar refractivity (Wildman–Crippen MR) is 103 cm³/mol. The SMILES string of the molecule is Cc1cn2c(n1)[C@H](C)C[C@H](C(=O)Nc1cccc(CN3CCCC3)c1)C2. The molecule has 5 nitrogen and oxygen atoms in total. The van der Waals surface area contributed by atoms with Gasteiger partial charge in [0.1, 0.15) is 5.82 Å². The lowest BCUT2D eigenvalue weighted by molar-refractivity contribution is -0.121. The van der Waals surface area contributed by atoms with E-state index < -0.39 is 0 Å². The van der Waals surface area contributed by atoms with Crippen LogP contribution in [0.4, 0.5) is 5.69 Å². The Labute approximate surface area is 155 Å². The summed E-state index contributed by atoms with van der Waals surface area (Å²) in [5.41, 5.74) is 3.21. The Morgan fingerprint density at radius 2 is 2.12 bits per heavy atom. The summed E-state index contributed by atoms with van der Waals surface area (Å²) in [4.78, 5) is 19.9. The molecule has 2 aromatic rings. The Balaban J connectivity index is 1.42. The zero-order valence-corrected chi connectivity index (χ0v) is 15.7. The van der Waals surface area contributed by atoms with E-state index in [-0.39, 0.29) is 11.8 Å². The van der Waals surface area contributed by atoms with Gasteiger partial charge in [0.2, 0.25) is 5.91 Å². The molecule has 2 aliphatic rings. The van der Waals surface area contributed by atoms with Crippen LogP contribution in [0.15, 0.2) is 30.5 Å². The van der Waals surface area contributed by atoms with Gasteiger partial charge in [-0.25, -0.2) is 4.98 Å². The van der Waals surface area contributed by atoms with Crippen LogP contribution in [0, 0.1) is 12.8 Å². The number of fused-ring (bicyclic) bond motifs is 1. The second kappa shape index (κ2) is 7.23. The van der Waals surface area contributed by atoms with Crippen molar-refractivity contribution in [2.45, 2.75) is 52.1 Å². The summed E-state index contributed by atoms with van der Waals surface area (Å²) in [6.45, 7) is 8.24. The van der Waals surface area contributed by atoms with Gasteiger partial charge in [0.05, 0.1) is 11.6 Å². The Morgan fingerprint density at radius 3 is 2.92 bits per heavy atom. The zero-order chi connectivity index (χ0) is 18.1.